The predicted molar refractivity (Wildman–Crippen MR) is 148 cm³/mol. The zero-order chi connectivity index (χ0) is 25.9. The molecule has 7 nitrogen and oxygen atoms in total. The molecule has 0 bridgehead atoms. The lowest BCUT2D eigenvalue weighted by molar-refractivity contribution is 0.172. The Bertz CT molecular complexity index is 1550. The van der Waals surface area contributed by atoms with E-state index in [-0.39, 0.29) is 0 Å². The summed E-state index contributed by atoms with van der Waals surface area (Å²) in [5.74, 6) is 2.91. The standard InChI is InChI=1S/C30H35N5O2/c1-6-10-28-33-29-20(2)17-22(30-32-23-11-7-8-12-25(23)34(30)4)18-26(29)35(28)19-24-21(3)27(13-14-31-24)37-16-9-15-36-5/h7-8,11-14,17-18H,6,9-10,15-16,19H2,1-5H3. The smallest absolute Gasteiger partial charge is 0.140 e. The first-order chi connectivity index (χ1) is 18.0. The number of fused-ring (bicyclic) bond motifs is 2. The van der Waals surface area contributed by atoms with Crippen LogP contribution in [0.4, 0.5) is 0 Å². The second-order valence-corrected chi connectivity index (χ2v) is 9.58. The molecule has 0 unspecified atom stereocenters. The van der Waals surface area contributed by atoms with Gasteiger partial charge < -0.3 is 18.6 Å². The molecule has 0 saturated carbocycles. The van der Waals surface area contributed by atoms with Gasteiger partial charge in [-0.1, -0.05) is 19.1 Å². The van der Waals surface area contributed by atoms with E-state index in [4.69, 9.17) is 24.4 Å². The third-order valence-corrected chi connectivity index (χ3v) is 6.96. The molecule has 3 aromatic heterocycles. The van der Waals surface area contributed by atoms with Crippen molar-refractivity contribution in [2.75, 3.05) is 20.3 Å². The fraction of sp³-hybridized carbons (Fsp3) is 0.367. The summed E-state index contributed by atoms with van der Waals surface area (Å²) in [6, 6.07) is 14.6. The van der Waals surface area contributed by atoms with Crippen molar-refractivity contribution in [3.8, 4) is 17.1 Å². The Kier molecular flexibility index (Phi) is 7.24. The molecule has 0 aliphatic rings. The lowest BCUT2D eigenvalue weighted by atomic mass is 10.1. The van der Waals surface area contributed by atoms with Crippen LogP contribution in [0, 0.1) is 13.8 Å². The van der Waals surface area contributed by atoms with Crippen molar-refractivity contribution in [2.45, 2.75) is 46.6 Å². The van der Waals surface area contributed by atoms with E-state index in [1.54, 1.807) is 7.11 Å². The van der Waals surface area contributed by atoms with Gasteiger partial charge in [0.1, 0.15) is 17.4 Å². The molecular weight excluding hydrogens is 462 g/mol. The van der Waals surface area contributed by atoms with Gasteiger partial charge in [0.15, 0.2) is 0 Å². The minimum absolute atomic E-state index is 0.619. The molecule has 0 spiro atoms. The average Bonchev–Trinajstić information content (AvgIpc) is 3.42. The Morgan fingerprint density at radius 1 is 0.973 bits per heavy atom. The van der Waals surface area contributed by atoms with E-state index in [1.807, 2.05) is 18.3 Å². The number of ether oxygens (including phenoxy) is 2. The van der Waals surface area contributed by atoms with Crippen LogP contribution in [-0.4, -0.2) is 44.4 Å². The van der Waals surface area contributed by atoms with E-state index in [0.717, 1.165) is 81.1 Å². The predicted octanol–water partition coefficient (Wildman–Crippen LogP) is 6.02. The van der Waals surface area contributed by atoms with E-state index in [2.05, 4.69) is 67.3 Å². The highest BCUT2D eigenvalue weighted by Crippen LogP contribution is 2.31. The second-order valence-electron chi connectivity index (χ2n) is 9.58. The molecule has 0 radical (unpaired) electrons. The monoisotopic (exact) mass is 497 g/mol. The summed E-state index contributed by atoms with van der Waals surface area (Å²) in [7, 11) is 3.79. The van der Waals surface area contributed by atoms with E-state index >= 15 is 0 Å². The fourth-order valence-corrected chi connectivity index (χ4v) is 4.97. The number of hydrogen-bond acceptors (Lipinski definition) is 5. The van der Waals surface area contributed by atoms with Crippen molar-refractivity contribution in [3.63, 3.8) is 0 Å². The molecule has 5 rings (SSSR count). The Morgan fingerprint density at radius 2 is 1.81 bits per heavy atom. The molecule has 192 valence electrons. The van der Waals surface area contributed by atoms with E-state index in [0.29, 0.717) is 19.8 Å². The number of rotatable bonds is 10. The van der Waals surface area contributed by atoms with Crippen LogP contribution < -0.4 is 4.74 Å². The third-order valence-electron chi connectivity index (χ3n) is 6.96. The zero-order valence-electron chi connectivity index (χ0n) is 22.4. The highest BCUT2D eigenvalue weighted by atomic mass is 16.5. The number of hydrogen-bond donors (Lipinski definition) is 0. The van der Waals surface area contributed by atoms with Gasteiger partial charge in [-0.2, -0.15) is 0 Å². The zero-order valence-corrected chi connectivity index (χ0v) is 22.4. The normalized spacial score (nSPS) is 11.6. The molecule has 7 heteroatoms. The number of aromatic nitrogens is 5. The number of pyridine rings is 1. The fourth-order valence-electron chi connectivity index (χ4n) is 4.97. The number of para-hydroxylation sites is 2. The molecule has 0 fully saturated rings. The molecule has 0 atom stereocenters. The van der Waals surface area contributed by atoms with Gasteiger partial charge in [0.25, 0.3) is 0 Å². The lowest BCUT2D eigenvalue weighted by Gasteiger charge is -2.14. The topological polar surface area (TPSA) is 67.0 Å². The van der Waals surface area contributed by atoms with Crippen molar-refractivity contribution >= 4 is 22.1 Å². The van der Waals surface area contributed by atoms with Gasteiger partial charge in [-0.3, -0.25) is 4.98 Å². The summed E-state index contributed by atoms with van der Waals surface area (Å²) in [5, 5.41) is 0. The highest BCUT2D eigenvalue weighted by molar-refractivity contribution is 5.87. The van der Waals surface area contributed by atoms with Crippen LogP contribution in [0.25, 0.3) is 33.5 Å². The molecule has 0 aliphatic heterocycles. The molecular formula is C30H35N5O2. The summed E-state index contributed by atoms with van der Waals surface area (Å²) in [4.78, 5) is 14.8. The quantitative estimate of drug-likeness (QED) is 0.221. The van der Waals surface area contributed by atoms with Gasteiger partial charge in [-0.05, 0) is 56.2 Å². The first-order valence-electron chi connectivity index (χ1n) is 13.0. The van der Waals surface area contributed by atoms with Crippen LogP contribution in [0.2, 0.25) is 0 Å². The maximum absolute atomic E-state index is 6.05. The van der Waals surface area contributed by atoms with Gasteiger partial charge in [-0.25, -0.2) is 9.97 Å². The van der Waals surface area contributed by atoms with Crippen molar-refractivity contribution in [1.29, 1.82) is 0 Å². The maximum Gasteiger partial charge on any atom is 0.140 e. The Balaban J connectivity index is 1.58. The van der Waals surface area contributed by atoms with E-state index in [9.17, 15) is 0 Å². The molecule has 2 aromatic carbocycles. The summed E-state index contributed by atoms with van der Waals surface area (Å²) >= 11 is 0. The molecule has 5 aromatic rings. The van der Waals surface area contributed by atoms with Crippen LogP contribution in [0.1, 0.15) is 42.4 Å². The summed E-state index contributed by atoms with van der Waals surface area (Å²) < 4.78 is 15.7. The van der Waals surface area contributed by atoms with E-state index < -0.39 is 0 Å². The van der Waals surface area contributed by atoms with Crippen molar-refractivity contribution in [1.82, 2.24) is 24.1 Å². The molecule has 0 aliphatic carbocycles. The summed E-state index contributed by atoms with van der Waals surface area (Å²) in [5.41, 5.74) is 8.56. The van der Waals surface area contributed by atoms with Crippen molar-refractivity contribution in [2.24, 2.45) is 7.05 Å². The van der Waals surface area contributed by atoms with Gasteiger partial charge >= 0.3 is 0 Å². The van der Waals surface area contributed by atoms with Crippen molar-refractivity contribution < 1.29 is 9.47 Å². The van der Waals surface area contributed by atoms with E-state index in [1.165, 1.54) is 0 Å². The number of nitrogens with zero attached hydrogens (tertiary/aromatic N) is 5. The average molecular weight is 498 g/mol. The van der Waals surface area contributed by atoms with Crippen LogP contribution >= 0.6 is 0 Å². The Labute approximate surface area is 218 Å². The number of methoxy groups -OCH3 is 1. The number of imidazole rings is 2. The van der Waals surface area contributed by atoms with Crippen molar-refractivity contribution in [3.05, 3.63) is 71.3 Å². The Morgan fingerprint density at radius 3 is 2.59 bits per heavy atom. The SMILES string of the molecule is CCCc1nc2c(C)cc(-c3nc4ccccc4n3C)cc2n1Cc1nccc(OCCCOC)c1C. The molecule has 0 saturated heterocycles. The lowest BCUT2D eigenvalue weighted by Crippen LogP contribution is -2.10. The van der Waals surface area contributed by atoms with Gasteiger partial charge in [0.05, 0.1) is 40.9 Å². The number of aryl methyl sites for hydroxylation is 3. The molecule has 3 heterocycles. The highest BCUT2D eigenvalue weighted by Gasteiger charge is 2.18. The van der Waals surface area contributed by atoms with Gasteiger partial charge in [-0.15, -0.1) is 0 Å². The Hall–Kier alpha value is -3.71. The minimum atomic E-state index is 0.619. The maximum atomic E-state index is 6.05. The van der Waals surface area contributed by atoms with Gasteiger partial charge in [0.2, 0.25) is 0 Å². The minimum Gasteiger partial charge on any atom is -0.493 e. The van der Waals surface area contributed by atoms with Crippen LogP contribution in [0.3, 0.4) is 0 Å². The molecule has 37 heavy (non-hydrogen) atoms. The molecule has 0 N–H and O–H groups in total. The first kappa shape index (κ1) is 25.0. The summed E-state index contributed by atoms with van der Waals surface area (Å²) in [6.07, 6.45) is 4.62. The first-order valence-corrected chi connectivity index (χ1v) is 13.0. The van der Waals surface area contributed by atoms with Gasteiger partial charge in [0, 0.05) is 50.9 Å². The van der Waals surface area contributed by atoms with Crippen LogP contribution in [0.15, 0.2) is 48.7 Å². The number of benzene rings is 2. The van der Waals surface area contributed by atoms with Crippen LogP contribution in [-0.2, 0) is 24.8 Å². The summed E-state index contributed by atoms with van der Waals surface area (Å²) in [6.45, 7) is 8.36. The third kappa shape index (κ3) is 4.83. The largest absolute Gasteiger partial charge is 0.493 e. The molecule has 0 amide bonds. The second kappa shape index (κ2) is 10.7. The van der Waals surface area contributed by atoms with Crippen LogP contribution in [0.5, 0.6) is 5.75 Å².